The average Bonchev–Trinajstić information content (AvgIpc) is 2.82. The van der Waals surface area contributed by atoms with Gasteiger partial charge in [0.1, 0.15) is 5.82 Å². The minimum Gasteiger partial charge on any atom is -0.333 e. The number of hydrogen-bond donors (Lipinski definition) is 1. The number of nitrogens with one attached hydrogen (secondary N) is 1. The van der Waals surface area contributed by atoms with E-state index in [1.165, 1.54) is 38.2 Å². The molecule has 0 saturated heterocycles. The monoisotopic (exact) mass is 236 g/mol. The van der Waals surface area contributed by atoms with Gasteiger partial charge in [-0.15, -0.1) is 0 Å². The van der Waals surface area contributed by atoms with Crippen LogP contribution < -0.4 is 5.32 Å². The van der Waals surface area contributed by atoms with Crippen molar-refractivity contribution in [2.24, 2.45) is 0 Å². The van der Waals surface area contributed by atoms with E-state index >= 15 is 0 Å². The Bertz CT molecular complexity index is 330. The summed E-state index contributed by atoms with van der Waals surface area (Å²) in [5, 5.41) is 3.37. The molecule has 1 aliphatic rings. The molecule has 1 atom stereocenters. The lowest BCUT2D eigenvalue weighted by Crippen LogP contribution is -2.35. The first-order valence-corrected chi connectivity index (χ1v) is 6.73. The van der Waals surface area contributed by atoms with Gasteiger partial charge < -0.3 is 9.88 Å². The molecule has 4 heteroatoms. The maximum atomic E-state index is 4.39. The van der Waals surface area contributed by atoms with E-state index in [1.807, 2.05) is 6.20 Å². The molecular formula is C13H24N4. The van der Waals surface area contributed by atoms with Crippen molar-refractivity contribution in [1.29, 1.82) is 0 Å². The van der Waals surface area contributed by atoms with Crippen molar-refractivity contribution >= 4 is 0 Å². The van der Waals surface area contributed by atoms with E-state index in [2.05, 4.69) is 39.9 Å². The van der Waals surface area contributed by atoms with Crippen LogP contribution in [-0.2, 0) is 13.1 Å². The second kappa shape index (κ2) is 6.17. The topological polar surface area (TPSA) is 33.1 Å². The van der Waals surface area contributed by atoms with Gasteiger partial charge >= 0.3 is 0 Å². The van der Waals surface area contributed by atoms with Gasteiger partial charge in [-0.1, -0.05) is 6.92 Å². The fourth-order valence-electron chi connectivity index (χ4n) is 2.53. The molecular weight excluding hydrogens is 212 g/mol. The molecule has 96 valence electrons. The van der Waals surface area contributed by atoms with E-state index < -0.39 is 0 Å². The van der Waals surface area contributed by atoms with Crippen LogP contribution in [0.3, 0.4) is 0 Å². The summed E-state index contributed by atoms with van der Waals surface area (Å²) in [5.74, 6) is 1.22. The van der Waals surface area contributed by atoms with E-state index in [4.69, 9.17) is 0 Å². The first-order valence-electron chi connectivity index (χ1n) is 6.73. The highest BCUT2D eigenvalue weighted by atomic mass is 15.2. The molecule has 2 heterocycles. The number of imidazole rings is 1. The molecule has 1 aliphatic heterocycles. The Morgan fingerprint density at radius 3 is 3.12 bits per heavy atom. The van der Waals surface area contributed by atoms with Gasteiger partial charge in [0.05, 0.1) is 6.54 Å². The van der Waals surface area contributed by atoms with Crippen LogP contribution in [0.5, 0.6) is 0 Å². The molecule has 1 aromatic heterocycles. The van der Waals surface area contributed by atoms with Crippen LogP contribution in [0, 0.1) is 0 Å². The summed E-state index contributed by atoms with van der Waals surface area (Å²) in [7, 11) is 2.06. The lowest BCUT2D eigenvalue weighted by atomic mass is 10.1. The summed E-state index contributed by atoms with van der Waals surface area (Å²) in [6.45, 7) is 6.73. The summed E-state index contributed by atoms with van der Waals surface area (Å²) < 4.78 is 2.26. The van der Waals surface area contributed by atoms with Crippen LogP contribution in [0.25, 0.3) is 0 Å². The van der Waals surface area contributed by atoms with Crippen LogP contribution in [0.4, 0.5) is 0 Å². The predicted molar refractivity (Wildman–Crippen MR) is 69.9 cm³/mol. The molecule has 0 aromatic carbocycles. The summed E-state index contributed by atoms with van der Waals surface area (Å²) in [5.41, 5.74) is 0. The lowest BCUT2D eigenvalue weighted by molar-refractivity contribution is 0.210. The zero-order valence-corrected chi connectivity index (χ0v) is 11.0. The van der Waals surface area contributed by atoms with E-state index in [0.717, 1.165) is 13.1 Å². The number of fused-ring (bicyclic) bond motifs is 1. The van der Waals surface area contributed by atoms with Gasteiger partial charge in [-0.2, -0.15) is 0 Å². The summed E-state index contributed by atoms with van der Waals surface area (Å²) in [6.07, 6.45) is 7.77. The molecule has 0 bridgehead atoms. The van der Waals surface area contributed by atoms with Crippen LogP contribution in [0.2, 0.25) is 0 Å². The maximum Gasteiger partial charge on any atom is 0.122 e. The summed E-state index contributed by atoms with van der Waals surface area (Å²) in [4.78, 5) is 6.91. The average molecular weight is 236 g/mol. The second-order valence-corrected chi connectivity index (χ2v) is 4.85. The number of aromatic nitrogens is 2. The first-order chi connectivity index (χ1) is 8.33. The van der Waals surface area contributed by atoms with Gasteiger partial charge in [0.15, 0.2) is 0 Å². The Morgan fingerprint density at radius 2 is 2.35 bits per heavy atom. The van der Waals surface area contributed by atoms with Crippen LogP contribution >= 0.6 is 0 Å². The largest absolute Gasteiger partial charge is 0.333 e. The fourth-order valence-corrected chi connectivity index (χ4v) is 2.53. The lowest BCUT2D eigenvalue weighted by Gasteiger charge is -2.28. The SMILES string of the molecule is CCC(CCCN1CCn2ccnc2C1)NC. The molecule has 1 N–H and O–H groups in total. The fraction of sp³-hybridized carbons (Fsp3) is 0.769. The highest BCUT2D eigenvalue weighted by Crippen LogP contribution is 2.11. The number of rotatable bonds is 6. The zero-order chi connectivity index (χ0) is 12.1. The number of nitrogens with zero attached hydrogens (tertiary/aromatic N) is 3. The van der Waals surface area contributed by atoms with Crippen molar-refractivity contribution in [1.82, 2.24) is 19.8 Å². The third-order valence-corrected chi connectivity index (χ3v) is 3.75. The second-order valence-electron chi connectivity index (χ2n) is 4.85. The highest BCUT2D eigenvalue weighted by molar-refractivity contribution is 4.95. The van der Waals surface area contributed by atoms with Gasteiger partial charge in [0.2, 0.25) is 0 Å². The van der Waals surface area contributed by atoms with Gasteiger partial charge in [0.25, 0.3) is 0 Å². The minimum absolute atomic E-state index is 0.682. The third kappa shape index (κ3) is 3.30. The summed E-state index contributed by atoms with van der Waals surface area (Å²) >= 11 is 0. The maximum absolute atomic E-state index is 4.39. The molecule has 2 rings (SSSR count). The van der Waals surface area contributed by atoms with Crippen LogP contribution in [0.1, 0.15) is 32.0 Å². The standard InChI is InChI=1S/C13H24N4/c1-3-12(14-2)5-4-7-16-9-10-17-8-6-15-13(17)11-16/h6,8,12,14H,3-5,7,9-11H2,1-2H3. The van der Waals surface area contributed by atoms with Crippen LogP contribution in [0.15, 0.2) is 12.4 Å². The molecule has 17 heavy (non-hydrogen) atoms. The van der Waals surface area contributed by atoms with Crippen molar-refractivity contribution < 1.29 is 0 Å². The molecule has 0 fully saturated rings. The van der Waals surface area contributed by atoms with Gasteiger partial charge in [-0.05, 0) is 32.9 Å². The minimum atomic E-state index is 0.682. The van der Waals surface area contributed by atoms with E-state index in [-0.39, 0.29) is 0 Å². The third-order valence-electron chi connectivity index (χ3n) is 3.75. The quantitative estimate of drug-likeness (QED) is 0.812. The zero-order valence-electron chi connectivity index (χ0n) is 11.0. The Balaban J connectivity index is 1.71. The van der Waals surface area contributed by atoms with Gasteiger partial charge in [0, 0.05) is 31.5 Å². The molecule has 1 unspecified atom stereocenters. The number of hydrogen-bond acceptors (Lipinski definition) is 3. The van der Waals surface area contributed by atoms with Crippen molar-refractivity contribution in [3.8, 4) is 0 Å². The molecule has 0 saturated carbocycles. The van der Waals surface area contributed by atoms with Gasteiger partial charge in [-0.25, -0.2) is 4.98 Å². The molecule has 0 aliphatic carbocycles. The van der Waals surface area contributed by atoms with E-state index in [0.29, 0.717) is 6.04 Å². The van der Waals surface area contributed by atoms with E-state index in [9.17, 15) is 0 Å². The highest BCUT2D eigenvalue weighted by Gasteiger charge is 2.16. The molecule has 0 radical (unpaired) electrons. The molecule has 4 nitrogen and oxygen atoms in total. The predicted octanol–water partition coefficient (Wildman–Crippen LogP) is 1.48. The summed E-state index contributed by atoms with van der Waals surface area (Å²) in [6, 6.07) is 0.682. The first kappa shape index (κ1) is 12.6. The van der Waals surface area contributed by atoms with Gasteiger partial charge in [-0.3, -0.25) is 4.90 Å². The van der Waals surface area contributed by atoms with Crippen LogP contribution in [-0.4, -0.2) is 40.6 Å². The molecule has 0 amide bonds. The van der Waals surface area contributed by atoms with Crippen molar-refractivity contribution in [2.45, 2.75) is 45.3 Å². The van der Waals surface area contributed by atoms with Crippen molar-refractivity contribution in [3.05, 3.63) is 18.2 Å². The van der Waals surface area contributed by atoms with Crippen molar-refractivity contribution in [3.63, 3.8) is 0 Å². The Kier molecular flexibility index (Phi) is 4.57. The smallest absolute Gasteiger partial charge is 0.122 e. The Morgan fingerprint density at radius 1 is 1.47 bits per heavy atom. The Labute approximate surface area is 104 Å². The Hall–Kier alpha value is -0.870. The normalized spacial score (nSPS) is 18.0. The van der Waals surface area contributed by atoms with Crippen molar-refractivity contribution in [2.75, 3.05) is 20.1 Å². The molecule has 0 spiro atoms. The molecule has 1 aromatic rings. The van der Waals surface area contributed by atoms with E-state index in [1.54, 1.807) is 0 Å².